The third kappa shape index (κ3) is 43.6. The molecule has 0 saturated carbocycles. The van der Waals surface area contributed by atoms with Gasteiger partial charge in [0.15, 0.2) is 0 Å². The summed E-state index contributed by atoms with van der Waals surface area (Å²) >= 11 is 0. The predicted molar refractivity (Wildman–Crippen MR) is 227 cm³/mol. The van der Waals surface area contributed by atoms with Crippen molar-refractivity contribution < 1.29 is 39.3 Å². The first-order valence-electron chi connectivity index (χ1n) is 24.1. The largest absolute Gasteiger partial charge is 1.00 e. The molecular formula is C48H100AgClN. The van der Waals surface area contributed by atoms with Gasteiger partial charge in [-0.1, -0.05) is 233 Å². The van der Waals surface area contributed by atoms with Crippen LogP contribution in [0.1, 0.15) is 285 Å². The summed E-state index contributed by atoms with van der Waals surface area (Å²) in [6, 6.07) is 0. The minimum Gasteiger partial charge on any atom is -1.00 e. The smallest absolute Gasteiger partial charge is 0.0786 e. The van der Waals surface area contributed by atoms with E-state index in [-0.39, 0.29) is 34.8 Å². The van der Waals surface area contributed by atoms with Crippen molar-refractivity contribution in [2.75, 3.05) is 26.2 Å². The number of hydrogen-bond acceptors (Lipinski definition) is 0. The standard InChI is InChI=1S/C48H100N.Ag.ClH/c1-5-9-13-17-21-25-29-33-37-41-45-49(46-42-38-34-30-26-22-18-14-10-6-2,47-43-39-35-31-27-23-19-15-11-7-3)48-44-40-36-32-28-24-20-16-12-8-4;;/h5-48H2,1-4H3;;1H/q+1;;/p-1. The summed E-state index contributed by atoms with van der Waals surface area (Å²) in [5.74, 6) is 0. The summed E-state index contributed by atoms with van der Waals surface area (Å²) in [7, 11) is 0. The Labute approximate surface area is 348 Å². The van der Waals surface area contributed by atoms with E-state index in [0.717, 1.165) is 0 Å². The summed E-state index contributed by atoms with van der Waals surface area (Å²) in [4.78, 5) is 0. The molecule has 1 radical (unpaired) electrons. The van der Waals surface area contributed by atoms with Crippen LogP contribution < -0.4 is 12.4 Å². The molecule has 0 aromatic rings. The van der Waals surface area contributed by atoms with Gasteiger partial charge in [0.1, 0.15) is 0 Å². The van der Waals surface area contributed by atoms with Gasteiger partial charge in [0, 0.05) is 22.4 Å². The molecule has 0 aromatic heterocycles. The third-order valence-corrected chi connectivity index (χ3v) is 11.9. The van der Waals surface area contributed by atoms with E-state index < -0.39 is 0 Å². The maximum absolute atomic E-state index is 2.34. The van der Waals surface area contributed by atoms with Crippen molar-refractivity contribution in [2.24, 2.45) is 0 Å². The zero-order valence-corrected chi connectivity index (χ0v) is 38.5. The minimum atomic E-state index is 0. The van der Waals surface area contributed by atoms with Gasteiger partial charge in [0.25, 0.3) is 0 Å². The van der Waals surface area contributed by atoms with E-state index in [0.29, 0.717) is 0 Å². The summed E-state index contributed by atoms with van der Waals surface area (Å²) in [6.07, 6.45) is 58.7. The number of nitrogens with zero attached hydrogens (tertiary/aromatic N) is 1. The molecule has 0 aromatic carbocycles. The third-order valence-electron chi connectivity index (χ3n) is 11.9. The average Bonchev–Trinajstić information content (AvgIpc) is 3.11. The molecule has 0 spiro atoms. The van der Waals surface area contributed by atoms with Crippen LogP contribution in [0.3, 0.4) is 0 Å². The molecule has 1 nitrogen and oxygen atoms in total. The number of halogens is 1. The van der Waals surface area contributed by atoms with Gasteiger partial charge in [-0.15, -0.1) is 0 Å². The van der Waals surface area contributed by atoms with Gasteiger partial charge in [0.05, 0.1) is 26.2 Å². The van der Waals surface area contributed by atoms with Crippen LogP contribution in [0.15, 0.2) is 0 Å². The van der Waals surface area contributed by atoms with E-state index in [2.05, 4.69) is 27.7 Å². The molecule has 0 fully saturated rings. The topological polar surface area (TPSA) is 0 Å². The molecule has 0 amide bonds. The monoisotopic (exact) mass is 833 g/mol. The minimum absolute atomic E-state index is 0. The van der Waals surface area contributed by atoms with Crippen molar-refractivity contribution in [1.29, 1.82) is 0 Å². The van der Waals surface area contributed by atoms with Crippen molar-refractivity contribution in [2.45, 2.75) is 285 Å². The zero-order valence-electron chi connectivity index (χ0n) is 36.2. The summed E-state index contributed by atoms with van der Waals surface area (Å²) < 4.78 is 1.49. The second-order valence-electron chi connectivity index (χ2n) is 17.0. The van der Waals surface area contributed by atoms with Crippen LogP contribution >= 0.6 is 0 Å². The molecule has 0 atom stereocenters. The SMILES string of the molecule is CCCCCCCCCCCC[N+](CCCCCCCCCCCC)(CCCCCCCCCCCC)CCCCCCCCCCCC.[Ag].[Cl-]. The summed E-state index contributed by atoms with van der Waals surface area (Å²) in [5, 5.41) is 0. The fourth-order valence-electron chi connectivity index (χ4n) is 8.41. The van der Waals surface area contributed by atoms with Crippen LogP contribution in [0, 0.1) is 0 Å². The fourth-order valence-corrected chi connectivity index (χ4v) is 8.41. The number of rotatable bonds is 44. The van der Waals surface area contributed by atoms with Gasteiger partial charge in [-0.3, -0.25) is 0 Å². The maximum atomic E-state index is 2.34. The van der Waals surface area contributed by atoms with Gasteiger partial charge >= 0.3 is 0 Å². The Kier molecular flexibility index (Phi) is 54.1. The van der Waals surface area contributed by atoms with Gasteiger partial charge in [-0.25, -0.2) is 0 Å². The quantitative estimate of drug-likeness (QED) is 0.0326. The van der Waals surface area contributed by atoms with Crippen molar-refractivity contribution >= 4 is 0 Å². The predicted octanol–water partition coefficient (Wildman–Crippen LogP) is 14.5. The molecule has 0 aliphatic carbocycles. The van der Waals surface area contributed by atoms with Crippen molar-refractivity contribution in [1.82, 2.24) is 0 Å². The van der Waals surface area contributed by atoms with Crippen molar-refractivity contribution in [3.8, 4) is 0 Å². The Bertz CT molecular complexity index is 482. The summed E-state index contributed by atoms with van der Waals surface area (Å²) in [5.41, 5.74) is 0. The number of unbranched alkanes of at least 4 members (excludes halogenated alkanes) is 36. The van der Waals surface area contributed by atoms with E-state index in [4.69, 9.17) is 0 Å². The Hall–Kier alpha value is 0.990. The molecule has 0 rings (SSSR count). The Morgan fingerprint density at radius 2 is 0.314 bits per heavy atom. The van der Waals surface area contributed by atoms with E-state index in [1.807, 2.05) is 0 Å². The summed E-state index contributed by atoms with van der Waals surface area (Å²) in [6.45, 7) is 15.3. The second kappa shape index (κ2) is 49.0. The Morgan fingerprint density at radius 3 is 0.451 bits per heavy atom. The van der Waals surface area contributed by atoms with Crippen molar-refractivity contribution in [3.63, 3.8) is 0 Å². The zero-order chi connectivity index (χ0) is 35.6. The molecule has 0 aliphatic rings. The van der Waals surface area contributed by atoms with Gasteiger partial charge in [-0.05, 0) is 51.4 Å². The van der Waals surface area contributed by atoms with Crippen LogP contribution in [-0.4, -0.2) is 30.7 Å². The first kappa shape index (κ1) is 56.3. The van der Waals surface area contributed by atoms with Crippen LogP contribution in [0.25, 0.3) is 0 Å². The second-order valence-corrected chi connectivity index (χ2v) is 17.0. The van der Waals surface area contributed by atoms with Crippen LogP contribution in [0.5, 0.6) is 0 Å². The molecule has 0 N–H and O–H groups in total. The number of hydrogen-bond donors (Lipinski definition) is 0. The van der Waals surface area contributed by atoms with E-state index in [1.54, 1.807) is 0 Å². The number of quaternary nitrogens is 1. The van der Waals surface area contributed by atoms with E-state index >= 15 is 0 Å². The van der Waals surface area contributed by atoms with Gasteiger partial charge in [0.2, 0.25) is 0 Å². The first-order chi connectivity index (χ1) is 24.2. The first-order valence-corrected chi connectivity index (χ1v) is 24.1. The molecule has 0 saturated heterocycles. The molecule has 0 unspecified atom stereocenters. The van der Waals surface area contributed by atoms with Crippen LogP contribution in [-0.2, 0) is 22.4 Å². The molecule has 0 aliphatic heterocycles. The maximum Gasteiger partial charge on any atom is 0.0786 e. The van der Waals surface area contributed by atoms with E-state index in [1.165, 1.54) is 287 Å². The molecule has 315 valence electrons. The molecule has 0 heterocycles. The Balaban J connectivity index is -0.0000115. The normalized spacial score (nSPS) is 11.5. The van der Waals surface area contributed by atoms with E-state index in [9.17, 15) is 0 Å². The molecule has 0 bridgehead atoms. The molecule has 3 heteroatoms. The molecular weight excluding hydrogens is 734 g/mol. The van der Waals surface area contributed by atoms with Crippen LogP contribution in [0.4, 0.5) is 0 Å². The van der Waals surface area contributed by atoms with Gasteiger partial charge in [-0.2, -0.15) is 0 Å². The Morgan fingerprint density at radius 1 is 0.196 bits per heavy atom. The van der Waals surface area contributed by atoms with Crippen molar-refractivity contribution in [3.05, 3.63) is 0 Å². The average molecular weight is 835 g/mol. The van der Waals surface area contributed by atoms with Gasteiger partial charge < -0.3 is 16.9 Å². The van der Waals surface area contributed by atoms with Crippen LogP contribution in [0.2, 0.25) is 0 Å². The fraction of sp³-hybridized carbons (Fsp3) is 1.00. The molecule has 51 heavy (non-hydrogen) atoms.